The van der Waals surface area contributed by atoms with E-state index in [1.807, 2.05) is 13.8 Å². The highest BCUT2D eigenvalue weighted by atomic mass is 16.6. The first-order chi connectivity index (χ1) is 8.02. The molecule has 0 aromatic heterocycles. The molecule has 0 aliphatic heterocycles. The second-order valence-electron chi connectivity index (χ2n) is 2.76. The van der Waals surface area contributed by atoms with E-state index in [9.17, 15) is 19.7 Å². The minimum Gasteiger partial charge on any atom is -0.478 e. The zero-order valence-corrected chi connectivity index (χ0v) is 9.54. The van der Waals surface area contributed by atoms with Gasteiger partial charge < -0.3 is 5.11 Å². The van der Waals surface area contributed by atoms with Crippen LogP contribution in [0.25, 0.3) is 0 Å². The lowest BCUT2D eigenvalue weighted by atomic mass is 10.0. The maximum Gasteiger partial charge on any atom is 0.336 e. The number of hydrogen-bond acceptors (Lipinski definition) is 4. The molecular weight excluding hydrogens is 226 g/mol. The van der Waals surface area contributed by atoms with Crippen LogP contribution in [0.5, 0.6) is 0 Å². The van der Waals surface area contributed by atoms with Crippen molar-refractivity contribution in [2.24, 2.45) is 0 Å². The Hall–Kier alpha value is -2.24. The van der Waals surface area contributed by atoms with Crippen molar-refractivity contribution in [3.63, 3.8) is 0 Å². The topological polar surface area (TPSA) is 97.5 Å². The predicted octanol–water partition coefficient (Wildman–Crippen LogP) is 1.87. The minimum absolute atomic E-state index is 0.137. The standard InChI is InChI=1S/C9H7NO5.C2H6/c11-8(5-10(14)15)6-3-1-2-4-7(6)9(12)13;1-2/h1-4H,5H2,(H,12,13);1-2H3. The van der Waals surface area contributed by atoms with Gasteiger partial charge in [-0.15, -0.1) is 0 Å². The number of carbonyl (C=O) groups excluding carboxylic acids is 1. The third-order valence-electron chi connectivity index (χ3n) is 1.73. The Morgan fingerprint density at radius 2 is 1.71 bits per heavy atom. The van der Waals surface area contributed by atoms with E-state index >= 15 is 0 Å². The van der Waals surface area contributed by atoms with Crippen molar-refractivity contribution in [1.29, 1.82) is 0 Å². The van der Waals surface area contributed by atoms with E-state index in [4.69, 9.17) is 5.11 Å². The maximum atomic E-state index is 11.3. The van der Waals surface area contributed by atoms with Gasteiger partial charge in [-0.3, -0.25) is 14.9 Å². The van der Waals surface area contributed by atoms with E-state index in [2.05, 4.69) is 0 Å². The van der Waals surface area contributed by atoms with Crippen molar-refractivity contribution in [2.75, 3.05) is 6.54 Å². The lowest BCUT2D eigenvalue weighted by Crippen LogP contribution is -2.17. The minimum atomic E-state index is -1.28. The van der Waals surface area contributed by atoms with Crippen molar-refractivity contribution >= 4 is 11.8 Å². The van der Waals surface area contributed by atoms with Crippen molar-refractivity contribution in [2.45, 2.75) is 13.8 Å². The number of Topliss-reactive ketones (excluding diaryl/α,β-unsaturated/α-hetero) is 1. The first kappa shape index (κ1) is 14.8. The number of benzene rings is 1. The zero-order chi connectivity index (χ0) is 13.4. The number of carboxylic acids is 1. The lowest BCUT2D eigenvalue weighted by Gasteiger charge is -2.01. The monoisotopic (exact) mass is 239 g/mol. The number of rotatable bonds is 4. The highest BCUT2D eigenvalue weighted by Gasteiger charge is 2.19. The number of carbonyl (C=O) groups is 2. The van der Waals surface area contributed by atoms with Crippen LogP contribution in [0.3, 0.4) is 0 Å². The van der Waals surface area contributed by atoms with Gasteiger partial charge in [-0.25, -0.2) is 4.79 Å². The summed E-state index contributed by atoms with van der Waals surface area (Å²) in [5, 5.41) is 18.8. The lowest BCUT2D eigenvalue weighted by molar-refractivity contribution is -0.465. The molecule has 0 fully saturated rings. The number of carboxylic acid groups (broad SMARTS) is 1. The first-order valence-corrected chi connectivity index (χ1v) is 4.99. The normalized spacial score (nSPS) is 8.82. The van der Waals surface area contributed by atoms with Crippen molar-refractivity contribution < 1.29 is 19.6 Å². The molecule has 1 aromatic rings. The average Bonchev–Trinajstić information content (AvgIpc) is 2.30. The van der Waals surface area contributed by atoms with Gasteiger partial charge in [0.2, 0.25) is 5.78 Å². The highest BCUT2D eigenvalue weighted by molar-refractivity contribution is 6.06. The molecule has 0 heterocycles. The Morgan fingerprint density at radius 1 is 1.24 bits per heavy atom. The van der Waals surface area contributed by atoms with E-state index in [1.165, 1.54) is 24.3 Å². The highest BCUT2D eigenvalue weighted by Crippen LogP contribution is 2.09. The zero-order valence-electron chi connectivity index (χ0n) is 9.54. The summed E-state index contributed by atoms with van der Waals surface area (Å²) in [4.78, 5) is 31.3. The summed E-state index contributed by atoms with van der Waals surface area (Å²) in [6, 6.07) is 5.40. The van der Waals surface area contributed by atoms with Crippen LogP contribution >= 0.6 is 0 Å². The molecule has 0 radical (unpaired) electrons. The van der Waals surface area contributed by atoms with E-state index in [1.54, 1.807) is 0 Å². The molecular formula is C11H13NO5. The molecule has 1 aromatic carbocycles. The second kappa shape index (κ2) is 7.10. The van der Waals surface area contributed by atoms with Gasteiger partial charge in [0.25, 0.3) is 6.54 Å². The Kier molecular flexibility index (Phi) is 6.17. The molecule has 17 heavy (non-hydrogen) atoms. The quantitative estimate of drug-likeness (QED) is 0.491. The van der Waals surface area contributed by atoms with Crippen LogP contribution in [0.1, 0.15) is 34.6 Å². The summed E-state index contributed by atoms with van der Waals surface area (Å²) in [5.41, 5.74) is -0.356. The molecule has 0 bridgehead atoms. The fourth-order valence-corrected chi connectivity index (χ4v) is 1.12. The summed E-state index contributed by atoms with van der Waals surface area (Å²) in [5.74, 6) is -2.08. The van der Waals surface area contributed by atoms with Gasteiger partial charge in [0.15, 0.2) is 0 Å². The van der Waals surface area contributed by atoms with E-state index in [0.29, 0.717) is 0 Å². The number of nitro groups is 1. The molecule has 1 rings (SSSR count). The van der Waals surface area contributed by atoms with Gasteiger partial charge in [-0.2, -0.15) is 0 Å². The predicted molar refractivity (Wildman–Crippen MR) is 60.9 cm³/mol. The summed E-state index contributed by atoms with van der Waals surface area (Å²) < 4.78 is 0. The second-order valence-corrected chi connectivity index (χ2v) is 2.76. The van der Waals surface area contributed by atoms with Crippen LogP contribution in [0.15, 0.2) is 24.3 Å². The van der Waals surface area contributed by atoms with Crippen LogP contribution in [-0.2, 0) is 0 Å². The van der Waals surface area contributed by atoms with Gasteiger partial charge >= 0.3 is 5.97 Å². The van der Waals surface area contributed by atoms with Crippen molar-refractivity contribution in [1.82, 2.24) is 0 Å². The van der Waals surface area contributed by atoms with Gasteiger partial charge in [-0.05, 0) is 6.07 Å². The summed E-state index contributed by atoms with van der Waals surface area (Å²) in [6.45, 7) is 3.10. The largest absolute Gasteiger partial charge is 0.478 e. The molecule has 6 heteroatoms. The maximum absolute atomic E-state index is 11.3. The van der Waals surface area contributed by atoms with Gasteiger partial charge in [0, 0.05) is 10.5 Å². The van der Waals surface area contributed by atoms with E-state index in [0.717, 1.165) is 0 Å². The number of nitrogens with zero attached hydrogens (tertiary/aromatic N) is 1. The van der Waals surface area contributed by atoms with Crippen molar-refractivity contribution in [3.05, 3.63) is 45.5 Å². The molecule has 92 valence electrons. The summed E-state index contributed by atoms with van der Waals surface area (Å²) in [7, 11) is 0. The summed E-state index contributed by atoms with van der Waals surface area (Å²) >= 11 is 0. The Labute approximate surface area is 98.0 Å². The van der Waals surface area contributed by atoms with Gasteiger partial charge in [0.1, 0.15) is 0 Å². The van der Waals surface area contributed by atoms with Gasteiger partial charge in [0.05, 0.1) is 5.56 Å². The van der Waals surface area contributed by atoms with E-state index < -0.39 is 23.2 Å². The number of ketones is 1. The molecule has 0 saturated carbocycles. The first-order valence-electron chi connectivity index (χ1n) is 4.99. The average molecular weight is 239 g/mol. The molecule has 1 N–H and O–H groups in total. The van der Waals surface area contributed by atoms with Crippen LogP contribution in [0, 0.1) is 10.1 Å². The molecule has 0 saturated heterocycles. The molecule has 0 amide bonds. The van der Waals surface area contributed by atoms with Crippen LogP contribution in [0.2, 0.25) is 0 Å². The molecule has 0 aliphatic carbocycles. The fourth-order valence-electron chi connectivity index (χ4n) is 1.12. The molecule has 0 atom stereocenters. The molecule has 0 unspecified atom stereocenters. The Bertz CT molecular complexity index is 428. The van der Waals surface area contributed by atoms with Crippen LogP contribution in [0.4, 0.5) is 0 Å². The molecule has 6 nitrogen and oxygen atoms in total. The third-order valence-corrected chi connectivity index (χ3v) is 1.73. The SMILES string of the molecule is CC.O=C(O)c1ccccc1C(=O)C[N+](=O)[O-]. The molecule has 0 aliphatic rings. The smallest absolute Gasteiger partial charge is 0.336 e. The van der Waals surface area contributed by atoms with E-state index in [-0.39, 0.29) is 11.1 Å². The fraction of sp³-hybridized carbons (Fsp3) is 0.273. The van der Waals surface area contributed by atoms with Gasteiger partial charge in [-0.1, -0.05) is 32.0 Å². The van der Waals surface area contributed by atoms with Crippen LogP contribution in [-0.4, -0.2) is 28.3 Å². The number of aromatic carboxylic acids is 1. The third kappa shape index (κ3) is 4.42. The molecule has 0 spiro atoms. The number of hydrogen-bond donors (Lipinski definition) is 1. The Morgan fingerprint density at radius 3 is 2.12 bits per heavy atom. The Balaban J connectivity index is 0.00000121. The summed E-state index contributed by atoms with van der Waals surface area (Å²) in [6.07, 6.45) is 0. The van der Waals surface area contributed by atoms with Crippen LogP contribution < -0.4 is 0 Å². The van der Waals surface area contributed by atoms with Crippen molar-refractivity contribution in [3.8, 4) is 0 Å².